The molecule has 2 saturated heterocycles. The number of nitrogens with zero attached hydrogens (tertiary/aromatic N) is 1. The third-order valence-corrected chi connectivity index (χ3v) is 4.69. The Balaban J connectivity index is 1.54. The highest BCUT2D eigenvalue weighted by Crippen LogP contribution is 2.37. The molecule has 1 aliphatic carbocycles. The molecule has 6 nitrogen and oxygen atoms in total. The minimum absolute atomic E-state index is 0.106. The molecule has 0 aromatic rings. The van der Waals surface area contributed by atoms with Gasteiger partial charge in [0.2, 0.25) is 17.7 Å². The molecule has 2 heterocycles. The average Bonchev–Trinajstić information content (AvgIpc) is 2.63. The molecule has 1 saturated carbocycles. The second-order valence-corrected chi connectivity index (χ2v) is 6.09. The molecule has 3 fully saturated rings. The quantitative estimate of drug-likeness (QED) is 0.680. The summed E-state index contributed by atoms with van der Waals surface area (Å²) in [6, 6.07) is 0. The van der Waals surface area contributed by atoms with Crippen molar-refractivity contribution in [1.82, 2.24) is 15.5 Å². The summed E-state index contributed by atoms with van der Waals surface area (Å²) < 4.78 is 0. The highest BCUT2D eigenvalue weighted by Gasteiger charge is 2.48. The summed E-state index contributed by atoms with van der Waals surface area (Å²) in [7, 11) is 0. The van der Waals surface area contributed by atoms with Gasteiger partial charge in [-0.15, -0.1) is 0 Å². The number of fused-ring (bicyclic) bond motifs is 1. The van der Waals surface area contributed by atoms with Crippen LogP contribution in [-0.4, -0.2) is 48.8 Å². The van der Waals surface area contributed by atoms with Crippen molar-refractivity contribution in [2.45, 2.75) is 25.7 Å². The first kappa shape index (κ1) is 13.5. The van der Waals surface area contributed by atoms with Crippen LogP contribution in [0.5, 0.6) is 0 Å². The van der Waals surface area contributed by atoms with Gasteiger partial charge in [-0.05, 0) is 12.8 Å². The normalized spacial score (nSPS) is 30.1. The molecular formula is C14H21N3O3. The number of imide groups is 1. The molecule has 2 atom stereocenters. The van der Waals surface area contributed by atoms with Crippen LogP contribution in [0.3, 0.4) is 0 Å². The lowest BCUT2D eigenvalue weighted by Gasteiger charge is -2.27. The van der Waals surface area contributed by atoms with E-state index in [9.17, 15) is 14.4 Å². The van der Waals surface area contributed by atoms with Crippen LogP contribution in [0.2, 0.25) is 0 Å². The predicted octanol–water partition coefficient (Wildman–Crippen LogP) is -0.503. The number of hydrogen-bond acceptors (Lipinski definition) is 4. The number of rotatable bonds is 4. The van der Waals surface area contributed by atoms with E-state index in [4.69, 9.17) is 0 Å². The van der Waals surface area contributed by atoms with E-state index in [1.807, 2.05) is 0 Å². The Labute approximate surface area is 118 Å². The molecule has 0 radical (unpaired) electrons. The molecule has 0 aromatic carbocycles. The molecule has 6 heteroatoms. The fourth-order valence-electron chi connectivity index (χ4n) is 3.34. The van der Waals surface area contributed by atoms with Gasteiger partial charge in [0, 0.05) is 25.6 Å². The number of hydrogen-bond donors (Lipinski definition) is 2. The summed E-state index contributed by atoms with van der Waals surface area (Å²) in [6.45, 7) is 2.36. The summed E-state index contributed by atoms with van der Waals surface area (Å²) >= 11 is 0. The smallest absolute Gasteiger partial charge is 0.240 e. The lowest BCUT2D eigenvalue weighted by Crippen LogP contribution is -2.50. The standard InChI is InChI=1S/C14H21N3O3/c18-12(16-7-9-5-15-6-9)8-17-13(19)10-3-1-2-4-11(10)14(17)20/h9-11,15H,1-8H2,(H,16,18). The van der Waals surface area contributed by atoms with Crippen LogP contribution in [0.15, 0.2) is 0 Å². The van der Waals surface area contributed by atoms with Crippen LogP contribution in [0.1, 0.15) is 25.7 Å². The molecule has 0 bridgehead atoms. The Kier molecular flexibility index (Phi) is 3.74. The average molecular weight is 279 g/mol. The molecule has 3 rings (SSSR count). The van der Waals surface area contributed by atoms with Gasteiger partial charge in [0.15, 0.2) is 0 Å². The zero-order chi connectivity index (χ0) is 14.1. The van der Waals surface area contributed by atoms with Gasteiger partial charge in [-0.25, -0.2) is 0 Å². The van der Waals surface area contributed by atoms with Gasteiger partial charge in [0.05, 0.1) is 11.8 Å². The van der Waals surface area contributed by atoms with Crippen molar-refractivity contribution in [2.24, 2.45) is 17.8 Å². The molecule has 2 aliphatic heterocycles. The Morgan fingerprint density at radius 1 is 1.15 bits per heavy atom. The first-order valence-corrected chi connectivity index (χ1v) is 7.49. The topological polar surface area (TPSA) is 78.5 Å². The van der Waals surface area contributed by atoms with Crippen LogP contribution in [0.4, 0.5) is 0 Å². The first-order valence-electron chi connectivity index (χ1n) is 7.49. The molecule has 0 aromatic heterocycles. The van der Waals surface area contributed by atoms with E-state index >= 15 is 0 Å². The summed E-state index contributed by atoms with van der Waals surface area (Å²) in [5.41, 5.74) is 0. The zero-order valence-electron chi connectivity index (χ0n) is 11.6. The zero-order valence-corrected chi connectivity index (χ0v) is 11.6. The first-order chi connectivity index (χ1) is 9.66. The van der Waals surface area contributed by atoms with Crippen LogP contribution in [0, 0.1) is 17.8 Å². The predicted molar refractivity (Wildman–Crippen MR) is 71.5 cm³/mol. The molecule has 2 unspecified atom stereocenters. The van der Waals surface area contributed by atoms with Gasteiger partial charge < -0.3 is 10.6 Å². The lowest BCUT2D eigenvalue weighted by atomic mass is 9.81. The molecule has 20 heavy (non-hydrogen) atoms. The maximum Gasteiger partial charge on any atom is 0.240 e. The van der Waals surface area contributed by atoms with Crippen molar-refractivity contribution >= 4 is 17.7 Å². The fraction of sp³-hybridized carbons (Fsp3) is 0.786. The van der Waals surface area contributed by atoms with Crippen molar-refractivity contribution in [1.29, 1.82) is 0 Å². The molecule has 2 N–H and O–H groups in total. The highest BCUT2D eigenvalue weighted by molar-refractivity contribution is 6.07. The van der Waals surface area contributed by atoms with Crippen LogP contribution in [0.25, 0.3) is 0 Å². The number of nitrogens with one attached hydrogen (secondary N) is 2. The Bertz CT molecular complexity index is 409. The van der Waals surface area contributed by atoms with Crippen LogP contribution < -0.4 is 10.6 Å². The van der Waals surface area contributed by atoms with Crippen LogP contribution >= 0.6 is 0 Å². The minimum Gasteiger partial charge on any atom is -0.354 e. The van der Waals surface area contributed by atoms with E-state index in [-0.39, 0.29) is 36.1 Å². The van der Waals surface area contributed by atoms with Gasteiger partial charge >= 0.3 is 0 Å². The lowest BCUT2D eigenvalue weighted by molar-refractivity contribution is -0.143. The van der Waals surface area contributed by atoms with Crippen molar-refractivity contribution in [2.75, 3.05) is 26.2 Å². The Morgan fingerprint density at radius 2 is 1.75 bits per heavy atom. The third kappa shape index (κ3) is 2.44. The molecule has 110 valence electrons. The summed E-state index contributed by atoms with van der Waals surface area (Å²) in [5, 5.41) is 5.94. The Hall–Kier alpha value is -1.43. The van der Waals surface area contributed by atoms with E-state index in [2.05, 4.69) is 10.6 Å². The van der Waals surface area contributed by atoms with Crippen molar-refractivity contribution in [3.63, 3.8) is 0 Å². The minimum atomic E-state index is -0.225. The Morgan fingerprint density at radius 3 is 2.25 bits per heavy atom. The van der Waals surface area contributed by atoms with Gasteiger partial charge in [-0.1, -0.05) is 12.8 Å². The maximum absolute atomic E-state index is 12.2. The van der Waals surface area contributed by atoms with Crippen LogP contribution in [-0.2, 0) is 14.4 Å². The fourth-order valence-corrected chi connectivity index (χ4v) is 3.34. The number of carbonyl (C=O) groups excluding carboxylic acids is 3. The number of carbonyl (C=O) groups is 3. The molecular weight excluding hydrogens is 258 g/mol. The maximum atomic E-state index is 12.2. The van der Waals surface area contributed by atoms with Gasteiger partial charge in [-0.2, -0.15) is 0 Å². The summed E-state index contributed by atoms with van der Waals surface area (Å²) in [6.07, 6.45) is 3.60. The monoisotopic (exact) mass is 279 g/mol. The van der Waals surface area contributed by atoms with Gasteiger partial charge in [0.1, 0.15) is 6.54 Å². The van der Waals surface area contributed by atoms with Crippen molar-refractivity contribution < 1.29 is 14.4 Å². The van der Waals surface area contributed by atoms with E-state index in [1.165, 1.54) is 4.90 Å². The second-order valence-electron chi connectivity index (χ2n) is 6.09. The van der Waals surface area contributed by atoms with Gasteiger partial charge in [-0.3, -0.25) is 19.3 Å². The highest BCUT2D eigenvalue weighted by atomic mass is 16.2. The summed E-state index contributed by atoms with van der Waals surface area (Å²) in [5.74, 6) is -0.358. The number of amides is 3. The van der Waals surface area contributed by atoms with Gasteiger partial charge in [0.25, 0.3) is 0 Å². The summed E-state index contributed by atoms with van der Waals surface area (Å²) in [4.78, 5) is 37.5. The third-order valence-electron chi connectivity index (χ3n) is 4.69. The largest absolute Gasteiger partial charge is 0.354 e. The van der Waals surface area contributed by atoms with Crippen molar-refractivity contribution in [3.05, 3.63) is 0 Å². The SMILES string of the molecule is O=C(CN1C(=O)C2CCCCC2C1=O)NCC1CNC1. The van der Waals surface area contributed by atoms with E-state index in [0.717, 1.165) is 38.8 Å². The van der Waals surface area contributed by atoms with E-state index in [1.54, 1.807) is 0 Å². The molecule has 3 amide bonds. The number of likely N-dealkylation sites (tertiary alicyclic amines) is 1. The molecule has 0 spiro atoms. The molecule has 3 aliphatic rings. The van der Waals surface area contributed by atoms with Crippen molar-refractivity contribution in [3.8, 4) is 0 Å². The van der Waals surface area contributed by atoms with E-state index in [0.29, 0.717) is 12.5 Å². The van der Waals surface area contributed by atoms with E-state index < -0.39 is 0 Å². The second kappa shape index (κ2) is 5.52.